The number of nitrogens with zero attached hydrogens (tertiary/aromatic N) is 1. The van der Waals surface area contributed by atoms with E-state index in [-0.39, 0.29) is 17.7 Å². The fourth-order valence-corrected chi connectivity index (χ4v) is 3.61. The molecule has 1 saturated carbocycles. The standard InChI is InChI=1S/C16H19Cl2NO2/c1-21-10-5-7-19(8-6-10)16(20)13-9-12(13)11-3-2-4-14(17)15(11)18/h2-4,10,12-13H,5-9H2,1H3/t12-,13-/m0/s1. The van der Waals surface area contributed by atoms with Gasteiger partial charge >= 0.3 is 0 Å². The SMILES string of the molecule is COC1CCN(C(=O)[C@H]2C[C@H]2c2cccc(Cl)c2Cl)CC1. The molecule has 2 atom stereocenters. The molecule has 1 aliphatic heterocycles. The van der Waals surface area contributed by atoms with Gasteiger partial charge < -0.3 is 9.64 Å². The van der Waals surface area contributed by atoms with Crippen LogP contribution >= 0.6 is 23.2 Å². The van der Waals surface area contributed by atoms with Crippen LogP contribution in [0, 0.1) is 5.92 Å². The minimum absolute atomic E-state index is 0.0695. The molecule has 1 saturated heterocycles. The molecule has 0 unspecified atom stereocenters. The van der Waals surface area contributed by atoms with Crippen molar-refractivity contribution >= 4 is 29.1 Å². The van der Waals surface area contributed by atoms with E-state index in [0.717, 1.165) is 37.9 Å². The number of hydrogen-bond acceptors (Lipinski definition) is 2. The van der Waals surface area contributed by atoms with Gasteiger partial charge in [-0.1, -0.05) is 35.3 Å². The molecule has 0 radical (unpaired) electrons. The van der Waals surface area contributed by atoms with Crippen LogP contribution in [0.5, 0.6) is 0 Å². The molecule has 0 spiro atoms. The Morgan fingerprint density at radius 2 is 2.00 bits per heavy atom. The summed E-state index contributed by atoms with van der Waals surface area (Å²) in [6.45, 7) is 1.59. The van der Waals surface area contributed by atoms with Crippen molar-refractivity contribution in [2.24, 2.45) is 5.92 Å². The van der Waals surface area contributed by atoms with Crippen LogP contribution in [0.15, 0.2) is 18.2 Å². The second kappa shape index (κ2) is 6.15. The first-order valence-corrected chi connectivity index (χ1v) is 8.13. The molecule has 3 nitrogen and oxygen atoms in total. The molecule has 1 aliphatic carbocycles. The highest BCUT2D eigenvalue weighted by Gasteiger charge is 2.47. The van der Waals surface area contributed by atoms with E-state index in [1.165, 1.54) is 0 Å². The molecule has 0 N–H and O–H groups in total. The maximum atomic E-state index is 12.5. The lowest BCUT2D eigenvalue weighted by Gasteiger charge is -2.31. The fourth-order valence-electron chi connectivity index (χ4n) is 3.16. The number of rotatable bonds is 3. The maximum Gasteiger partial charge on any atom is 0.226 e. The molecule has 3 rings (SSSR count). The number of amides is 1. The number of benzene rings is 1. The monoisotopic (exact) mass is 327 g/mol. The van der Waals surface area contributed by atoms with Crippen LogP contribution < -0.4 is 0 Å². The molecule has 0 aromatic heterocycles. The Labute approximate surface area is 135 Å². The lowest BCUT2D eigenvalue weighted by atomic mass is 10.1. The highest BCUT2D eigenvalue weighted by atomic mass is 35.5. The maximum absolute atomic E-state index is 12.5. The number of carbonyl (C=O) groups is 1. The average molecular weight is 328 g/mol. The summed E-state index contributed by atoms with van der Waals surface area (Å²) in [6.07, 6.45) is 3.03. The van der Waals surface area contributed by atoms with Crippen molar-refractivity contribution in [2.45, 2.75) is 31.3 Å². The number of piperidine rings is 1. The van der Waals surface area contributed by atoms with E-state index >= 15 is 0 Å². The lowest BCUT2D eigenvalue weighted by molar-refractivity contribution is -0.135. The van der Waals surface area contributed by atoms with Crippen LogP contribution in [0.2, 0.25) is 10.0 Å². The molecular formula is C16H19Cl2NO2. The summed E-state index contributed by atoms with van der Waals surface area (Å²) in [7, 11) is 1.74. The van der Waals surface area contributed by atoms with Gasteiger partial charge in [0.25, 0.3) is 0 Å². The Kier molecular flexibility index (Phi) is 4.43. The summed E-state index contributed by atoms with van der Waals surface area (Å²) in [5, 5.41) is 1.16. The first-order chi connectivity index (χ1) is 10.1. The van der Waals surface area contributed by atoms with E-state index in [4.69, 9.17) is 27.9 Å². The minimum Gasteiger partial charge on any atom is -0.381 e. The average Bonchev–Trinajstić information content (AvgIpc) is 3.30. The number of halogens is 2. The zero-order chi connectivity index (χ0) is 15.0. The van der Waals surface area contributed by atoms with Crippen molar-refractivity contribution in [3.8, 4) is 0 Å². The summed E-state index contributed by atoms with van der Waals surface area (Å²) in [5.74, 6) is 0.550. The van der Waals surface area contributed by atoms with Gasteiger partial charge in [-0.3, -0.25) is 4.79 Å². The Morgan fingerprint density at radius 1 is 1.29 bits per heavy atom. The van der Waals surface area contributed by atoms with Gasteiger partial charge in [0, 0.05) is 26.1 Å². The third-order valence-corrected chi connectivity index (χ3v) is 5.41. The van der Waals surface area contributed by atoms with Crippen LogP contribution in [0.3, 0.4) is 0 Å². The van der Waals surface area contributed by atoms with E-state index in [1.807, 2.05) is 17.0 Å². The van der Waals surface area contributed by atoms with Crippen LogP contribution in [-0.4, -0.2) is 37.1 Å². The second-order valence-electron chi connectivity index (χ2n) is 5.85. The first-order valence-electron chi connectivity index (χ1n) is 7.37. The molecule has 1 amide bonds. The van der Waals surface area contributed by atoms with Crippen LogP contribution in [-0.2, 0) is 9.53 Å². The van der Waals surface area contributed by atoms with Crippen molar-refractivity contribution in [3.63, 3.8) is 0 Å². The number of carbonyl (C=O) groups excluding carboxylic acids is 1. The molecule has 1 aromatic carbocycles. The van der Waals surface area contributed by atoms with E-state index < -0.39 is 0 Å². The van der Waals surface area contributed by atoms with Gasteiger partial charge in [0.05, 0.1) is 16.1 Å². The first kappa shape index (κ1) is 15.1. The Morgan fingerprint density at radius 3 is 2.67 bits per heavy atom. The largest absolute Gasteiger partial charge is 0.381 e. The predicted molar refractivity (Wildman–Crippen MR) is 83.9 cm³/mol. The third-order valence-electron chi connectivity index (χ3n) is 4.58. The van der Waals surface area contributed by atoms with Crippen molar-refractivity contribution in [1.29, 1.82) is 0 Å². The summed E-state index contributed by atoms with van der Waals surface area (Å²) in [6, 6.07) is 5.65. The molecule has 2 fully saturated rings. The Bertz CT molecular complexity index is 541. The van der Waals surface area contributed by atoms with Crippen molar-refractivity contribution in [3.05, 3.63) is 33.8 Å². The molecule has 1 heterocycles. The van der Waals surface area contributed by atoms with Gasteiger partial charge in [-0.15, -0.1) is 0 Å². The summed E-state index contributed by atoms with van der Waals surface area (Å²) >= 11 is 12.3. The number of hydrogen-bond donors (Lipinski definition) is 0. The number of ether oxygens (including phenoxy) is 1. The lowest BCUT2D eigenvalue weighted by Crippen LogP contribution is -2.41. The zero-order valence-corrected chi connectivity index (χ0v) is 13.5. The molecule has 0 bridgehead atoms. The van der Waals surface area contributed by atoms with Gasteiger partial charge in [-0.2, -0.15) is 0 Å². The molecule has 114 valence electrons. The second-order valence-corrected chi connectivity index (χ2v) is 6.64. The van der Waals surface area contributed by atoms with Gasteiger partial charge in [-0.05, 0) is 36.8 Å². The Balaban J connectivity index is 1.63. The van der Waals surface area contributed by atoms with Gasteiger partial charge in [0.2, 0.25) is 5.91 Å². The van der Waals surface area contributed by atoms with Crippen molar-refractivity contribution < 1.29 is 9.53 Å². The molecular weight excluding hydrogens is 309 g/mol. The van der Waals surface area contributed by atoms with E-state index in [0.29, 0.717) is 16.1 Å². The fraction of sp³-hybridized carbons (Fsp3) is 0.562. The van der Waals surface area contributed by atoms with Crippen molar-refractivity contribution in [1.82, 2.24) is 4.90 Å². The molecule has 1 aromatic rings. The van der Waals surface area contributed by atoms with Gasteiger partial charge in [0.1, 0.15) is 0 Å². The van der Waals surface area contributed by atoms with E-state index in [2.05, 4.69) is 0 Å². The highest BCUT2D eigenvalue weighted by Crippen LogP contribution is 2.51. The molecule has 21 heavy (non-hydrogen) atoms. The minimum atomic E-state index is 0.0695. The van der Waals surface area contributed by atoms with Crippen molar-refractivity contribution in [2.75, 3.05) is 20.2 Å². The zero-order valence-electron chi connectivity index (χ0n) is 12.0. The summed E-state index contributed by atoms with van der Waals surface area (Å²) < 4.78 is 5.34. The van der Waals surface area contributed by atoms with Crippen LogP contribution in [0.25, 0.3) is 0 Å². The smallest absolute Gasteiger partial charge is 0.226 e. The highest BCUT2D eigenvalue weighted by molar-refractivity contribution is 6.42. The van der Waals surface area contributed by atoms with E-state index in [1.54, 1.807) is 13.2 Å². The topological polar surface area (TPSA) is 29.5 Å². The quantitative estimate of drug-likeness (QED) is 0.846. The van der Waals surface area contributed by atoms with Crippen LogP contribution in [0.1, 0.15) is 30.7 Å². The Hall–Kier alpha value is -0.770. The van der Waals surface area contributed by atoms with Crippen LogP contribution in [0.4, 0.5) is 0 Å². The predicted octanol–water partition coefficient (Wildman–Crippen LogP) is 3.73. The summed E-state index contributed by atoms with van der Waals surface area (Å²) in [5.41, 5.74) is 1.01. The number of methoxy groups -OCH3 is 1. The van der Waals surface area contributed by atoms with Gasteiger partial charge in [0.15, 0.2) is 0 Å². The molecule has 5 heteroatoms. The third kappa shape index (κ3) is 3.05. The molecule has 2 aliphatic rings. The van der Waals surface area contributed by atoms with E-state index in [9.17, 15) is 4.79 Å². The summed E-state index contributed by atoms with van der Waals surface area (Å²) in [4.78, 5) is 14.5. The van der Waals surface area contributed by atoms with Gasteiger partial charge in [-0.25, -0.2) is 0 Å². The number of likely N-dealkylation sites (tertiary alicyclic amines) is 1. The normalized spacial score (nSPS) is 26.0.